The van der Waals surface area contributed by atoms with E-state index in [1.165, 1.54) is 18.2 Å². The fourth-order valence-electron chi connectivity index (χ4n) is 0.859. The Morgan fingerprint density at radius 1 is 1.50 bits per heavy atom. The predicted octanol–water partition coefficient (Wildman–Crippen LogP) is 0.937. The Kier molecular flexibility index (Phi) is 3.60. The van der Waals surface area contributed by atoms with Crippen molar-refractivity contribution in [3.8, 4) is 0 Å². The van der Waals surface area contributed by atoms with Gasteiger partial charge in [-0.3, -0.25) is 9.59 Å². The number of para-hydroxylation sites is 1. The molecule has 74 valence electrons. The Balaban J connectivity index is 2.56. The lowest BCUT2D eigenvalue weighted by Crippen LogP contribution is -2.18. The minimum absolute atomic E-state index is 0.0620. The molecule has 4 nitrogen and oxygen atoms in total. The molecule has 0 aliphatic rings. The molecule has 0 heterocycles. The average Bonchev–Trinajstić information content (AvgIpc) is 2.18. The average molecular weight is 197 g/mol. The zero-order valence-electron chi connectivity index (χ0n) is 7.20. The summed E-state index contributed by atoms with van der Waals surface area (Å²) in [7, 11) is 0. The van der Waals surface area contributed by atoms with E-state index >= 15 is 0 Å². The summed E-state index contributed by atoms with van der Waals surface area (Å²) in [6.07, 6.45) is 0. The fourth-order valence-corrected chi connectivity index (χ4v) is 0.859. The Morgan fingerprint density at radius 2 is 2.21 bits per heavy atom. The van der Waals surface area contributed by atoms with E-state index in [-0.39, 0.29) is 12.2 Å². The van der Waals surface area contributed by atoms with Crippen molar-refractivity contribution in [2.24, 2.45) is 0 Å². The summed E-state index contributed by atoms with van der Waals surface area (Å²) in [5.41, 5.74) is 0.0620. The Hall–Kier alpha value is -1.91. The number of halogens is 1. The monoisotopic (exact) mass is 197 g/mol. The van der Waals surface area contributed by atoms with Gasteiger partial charge < -0.3 is 10.1 Å². The maximum Gasteiger partial charge on any atom is 0.293 e. The minimum atomic E-state index is -0.581. The first kappa shape index (κ1) is 10.2. The van der Waals surface area contributed by atoms with Crippen molar-refractivity contribution in [1.82, 2.24) is 0 Å². The number of carbonyl (C=O) groups is 2. The summed E-state index contributed by atoms with van der Waals surface area (Å²) < 4.78 is 17.1. The number of carbonyl (C=O) groups excluding carboxylic acids is 2. The highest BCUT2D eigenvalue weighted by molar-refractivity contribution is 5.92. The van der Waals surface area contributed by atoms with Crippen LogP contribution in [0, 0.1) is 5.82 Å². The standard InChI is InChI=1S/C9H8FNO3/c10-7-3-1-2-4-8(7)11-9(13)5-14-6-12/h1-4,6H,5H2,(H,11,13). The summed E-state index contributed by atoms with van der Waals surface area (Å²) in [6.45, 7) is -0.265. The van der Waals surface area contributed by atoms with Crippen molar-refractivity contribution in [3.05, 3.63) is 30.1 Å². The van der Waals surface area contributed by atoms with E-state index in [0.29, 0.717) is 0 Å². The molecule has 1 N–H and O–H groups in total. The van der Waals surface area contributed by atoms with Crippen molar-refractivity contribution >= 4 is 18.1 Å². The molecule has 0 aliphatic carbocycles. The molecule has 0 atom stereocenters. The van der Waals surface area contributed by atoms with E-state index in [1.807, 2.05) is 0 Å². The second-order valence-electron chi connectivity index (χ2n) is 2.44. The van der Waals surface area contributed by atoms with E-state index in [2.05, 4.69) is 10.1 Å². The Morgan fingerprint density at radius 3 is 2.86 bits per heavy atom. The predicted molar refractivity (Wildman–Crippen MR) is 47.0 cm³/mol. The lowest BCUT2D eigenvalue weighted by molar-refractivity contribution is -0.135. The van der Waals surface area contributed by atoms with Crippen molar-refractivity contribution in [3.63, 3.8) is 0 Å². The molecule has 0 radical (unpaired) electrons. The van der Waals surface area contributed by atoms with Crippen LogP contribution in [0.15, 0.2) is 24.3 Å². The first-order valence-electron chi connectivity index (χ1n) is 3.83. The number of rotatable bonds is 4. The molecule has 1 aromatic rings. The molecule has 0 fully saturated rings. The van der Waals surface area contributed by atoms with Crippen molar-refractivity contribution in [2.75, 3.05) is 11.9 Å². The number of anilines is 1. The highest BCUT2D eigenvalue weighted by Gasteiger charge is 2.05. The lowest BCUT2D eigenvalue weighted by Gasteiger charge is -2.04. The number of hydrogen-bond acceptors (Lipinski definition) is 3. The van der Waals surface area contributed by atoms with Gasteiger partial charge in [-0.1, -0.05) is 12.1 Å². The molecule has 0 unspecified atom stereocenters. The maximum absolute atomic E-state index is 12.9. The second-order valence-corrected chi connectivity index (χ2v) is 2.44. The van der Waals surface area contributed by atoms with Crippen molar-refractivity contribution < 1.29 is 18.7 Å². The maximum atomic E-state index is 12.9. The largest absolute Gasteiger partial charge is 0.458 e. The first-order chi connectivity index (χ1) is 6.74. The molecular weight excluding hydrogens is 189 g/mol. The Bertz CT molecular complexity index is 341. The second kappa shape index (κ2) is 4.96. The zero-order valence-corrected chi connectivity index (χ0v) is 7.20. The highest BCUT2D eigenvalue weighted by Crippen LogP contribution is 2.11. The SMILES string of the molecule is O=COCC(=O)Nc1ccccc1F. The zero-order chi connectivity index (χ0) is 10.4. The van der Waals surface area contributed by atoms with Crippen LogP contribution >= 0.6 is 0 Å². The first-order valence-corrected chi connectivity index (χ1v) is 3.83. The normalized spacial score (nSPS) is 9.21. The van der Waals surface area contributed by atoms with Crippen LogP contribution in [0.25, 0.3) is 0 Å². The molecule has 1 rings (SSSR count). The molecular formula is C9H8FNO3. The summed E-state index contributed by atoms with van der Waals surface area (Å²) in [5, 5.41) is 2.25. The number of amides is 1. The molecule has 14 heavy (non-hydrogen) atoms. The van der Waals surface area contributed by atoms with Crippen LogP contribution in [0.1, 0.15) is 0 Å². The third kappa shape index (κ3) is 2.85. The van der Waals surface area contributed by atoms with Gasteiger partial charge in [0.15, 0.2) is 6.61 Å². The van der Waals surface area contributed by atoms with Crippen LogP contribution in [-0.4, -0.2) is 19.0 Å². The number of hydrogen-bond donors (Lipinski definition) is 1. The number of nitrogens with one attached hydrogen (secondary N) is 1. The molecule has 0 spiro atoms. The van der Waals surface area contributed by atoms with Gasteiger partial charge in [-0.2, -0.15) is 0 Å². The van der Waals surface area contributed by atoms with Crippen molar-refractivity contribution in [1.29, 1.82) is 0 Å². The summed E-state index contributed by atoms with van der Waals surface area (Å²) in [4.78, 5) is 20.7. The van der Waals surface area contributed by atoms with Gasteiger partial charge in [-0.05, 0) is 12.1 Å². The molecule has 0 saturated carbocycles. The number of ether oxygens (including phenoxy) is 1. The van der Waals surface area contributed by atoms with Gasteiger partial charge in [-0.25, -0.2) is 4.39 Å². The third-order valence-electron chi connectivity index (χ3n) is 1.43. The highest BCUT2D eigenvalue weighted by atomic mass is 19.1. The van der Waals surface area contributed by atoms with E-state index in [1.54, 1.807) is 6.07 Å². The van der Waals surface area contributed by atoms with Crippen LogP contribution in [0.3, 0.4) is 0 Å². The van der Waals surface area contributed by atoms with E-state index < -0.39 is 18.3 Å². The fraction of sp³-hybridized carbons (Fsp3) is 0.111. The summed E-state index contributed by atoms with van der Waals surface area (Å²) in [6, 6.07) is 5.72. The van der Waals surface area contributed by atoms with Gasteiger partial charge >= 0.3 is 0 Å². The Labute approximate surface area is 79.7 Å². The smallest absolute Gasteiger partial charge is 0.293 e. The molecule has 1 aromatic carbocycles. The lowest BCUT2D eigenvalue weighted by atomic mass is 10.3. The van der Waals surface area contributed by atoms with E-state index in [0.717, 1.165) is 0 Å². The topological polar surface area (TPSA) is 55.4 Å². The van der Waals surface area contributed by atoms with Crippen LogP contribution in [0.2, 0.25) is 0 Å². The molecule has 0 saturated heterocycles. The molecule has 0 bridgehead atoms. The van der Waals surface area contributed by atoms with Gasteiger partial charge in [-0.15, -0.1) is 0 Å². The van der Waals surface area contributed by atoms with Crippen LogP contribution in [-0.2, 0) is 14.3 Å². The quantitative estimate of drug-likeness (QED) is 0.731. The van der Waals surface area contributed by atoms with E-state index in [4.69, 9.17) is 0 Å². The van der Waals surface area contributed by atoms with Gasteiger partial charge in [0.25, 0.3) is 12.4 Å². The molecule has 0 aliphatic heterocycles. The van der Waals surface area contributed by atoms with Crippen LogP contribution < -0.4 is 5.32 Å². The third-order valence-corrected chi connectivity index (χ3v) is 1.43. The van der Waals surface area contributed by atoms with Gasteiger partial charge in [0.2, 0.25) is 0 Å². The minimum Gasteiger partial charge on any atom is -0.458 e. The summed E-state index contributed by atoms with van der Waals surface area (Å²) in [5.74, 6) is -1.12. The van der Waals surface area contributed by atoms with Gasteiger partial charge in [0.05, 0.1) is 5.69 Å². The number of benzene rings is 1. The molecule has 5 heteroatoms. The van der Waals surface area contributed by atoms with Crippen LogP contribution in [0.4, 0.5) is 10.1 Å². The van der Waals surface area contributed by atoms with Crippen molar-refractivity contribution in [2.45, 2.75) is 0 Å². The van der Waals surface area contributed by atoms with E-state index in [9.17, 15) is 14.0 Å². The molecule has 1 amide bonds. The van der Waals surface area contributed by atoms with Gasteiger partial charge in [0, 0.05) is 0 Å². The summed E-state index contributed by atoms with van der Waals surface area (Å²) >= 11 is 0. The molecule has 0 aromatic heterocycles. The van der Waals surface area contributed by atoms with Crippen LogP contribution in [0.5, 0.6) is 0 Å². The van der Waals surface area contributed by atoms with Gasteiger partial charge in [0.1, 0.15) is 5.82 Å².